The predicted octanol–water partition coefficient (Wildman–Crippen LogP) is 2.36. The fourth-order valence-corrected chi connectivity index (χ4v) is 4.31. The predicted molar refractivity (Wildman–Crippen MR) is 102 cm³/mol. The highest BCUT2D eigenvalue weighted by molar-refractivity contribution is 7.89. The number of hydrogen-bond acceptors (Lipinski definition) is 5. The van der Waals surface area contributed by atoms with Crippen molar-refractivity contribution in [1.29, 1.82) is 0 Å². The number of carbonyl (C=O) groups excluding carboxylic acids is 1. The fourth-order valence-electron chi connectivity index (χ4n) is 2.81. The lowest BCUT2D eigenvalue weighted by Gasteiger charge is -2.30. The van der Waals surface area contributed by atoms with Crippen LogP contribution < -0.4 is 10.1 Å². The van der Waals surface area contributed by atoms with Gasteiger partial charge in [0.2, 0.25) is 10.0 Å². The van der Waals surface area contributed by atoms with Crippen LogP contribution in [0.2, 0.25) is 0 Å². The molecule has 1 unspecified atom stereocenters. The van der Waals surface area contributed by atoms with Gasteiger partial charge in [-0.25, -0.2) is 8.42 Å². The van der Waals surface area contributed by atoms with Gasteiger partial charge < -0.3 is 14.8 Å². The Kier molecular flexibility index (Phi) is 5.79. The maximum atomic E-state index is 12.7. The Morgan fingerprint density at radius 3 is 2.41 bits per heavy atom. The lowest BCUT2D eigenvalue weighted by Crippen LogP contribution is -2.44. The summed E-state index contributed by atoms with van der Waals surface area (Å²) in [5, 5.41) is 2.77. The van der Waals surface area contributed by atoms with Gasteiger partial charge in [-0.3, -0.25) is 4.79 Å². The van der Waals surface area contributed by atoms with Crippen LogP contribution in [0.5, 0.6) is 5.75 Å². The number of nitrogens with zero attached hydrogens (tertiary/aromatic N) is 1. The lowest BCUT2D eigenvalue weighted by molar-refractivity contribution is 0.0102. The van der Waals surface area contributed by atoms with Gasteiger partial charge in [0.15, 0.2) is 0 Å². The molecule has 0 spiro atoms. The van der Waals surface area contributed by atoms with Crippen molar-refractivity contribution < 1.29 is 22.7 Å². The van der Waals surface area contributed by atoms with Crippen molar-refractivity contribution in [3.8, 4) is 5.75 Å². The molecule has 3 rings (SSSR count). The summed E-state index contributed by atoms with van der Waals surface area (Å²) in [6.07, 6.45) is -0.136. The van der Waals surface area contributed by atoms with Crippen LogP contribution in [0.4, 0.5) is 5.69 Å². The second-order valence-electron chi connectivity index (χ2n) is 6.25. The molecule has 2 aromatic carbocycles. The highest BCUT2D eigenvalue weighted by Gasteiger charge is 2.29. The van der Waals surface area contributed by atoms with Gasteiger partial charge in [-0.05, 0) is 55.5 Å². The van der Waals surface area contributed by atoms with Gasteiger partial charge in [-0.1, -0.05) is 0 Å². The van der Waals surface area contributed by atoms with Crippen molar-refractivity contribution in [2.24, 2.45) is 0 Å². The van der Waals surface area contributed by atoms with Crippen molar-refractivity contribution in [3.05, 3.63) is 54.1 Å². The Labute approximate surface area is 158 Å². The molecule has 2 aromatic rings. The van der Waals surface area contributed by atoms with Crippen LogP contribution in [0.1, 0.15) is 17.3 Å². The molecule has 27 heavy (non-hydrogen) atoms. The molecular weight excluding hydrogens is 368 g/mol. The third-order valence-corrected chi connectivity index (χ3v) is 6.19. The maximum absolute atomic E-state index is 12.7. The first kappa shape index (κ1) is 19.3. The minimum absolute atomic E-state index is 0.136. The van der Waals surface area contributed by atoms with Gasteiger partial charge in [0.05, 0.1) is 24.7 Å². The molecular formula is C19H22N2O5S. The number of benzene rings is 2. The molecule has 0 bridgehead atoms. The smallest absolute Gasteiger partial charge is 0.255 e. The van der Waals surface area contributed by atoms with Crippen LogP contribution in [0.25, 0.3) is 0 Å². The number of ether oxygens (including phenoxy) is 2. The highest BCUT2D eigenvalue weighted by atomic mass is 32.2. The average Bonchev–Trinajstić information content (AvgIpc) is 2.68. The molecule has 1 aliphatic rings. The zero-order valence-corrected chi connectivity index (χ0v) is 16.0. The summed E-state index contributed by atoms with van der Waals surface area (Å²) in [5.41, 5.74) is 1.000. The minimum atomic E-state index is -3.60. The van der Waals surface area contributed by atoms with Gasteiger partial charge in [0.1, 0.15) is 5.75 Å². The molecule has 1 heterocycles. The Bertz CT molecular complexity index is 895. The number of carbonyl (C=O) groups is 1. The van der Waals surface area contributed by atoms with Gasteiger partial charge >= 0.3 is 0 Å². The zero-order chi connectivity index (χ0) is 19.4. The van der Waals surface area contributed by atoms with Crippen molar-refractivity contribution >= 4 is 21.6 Å². The molecule has 0 aromatic heterocycles. The summed E-state index contributed by atoms with van der Waals surface area (Å²) in [6, 6.07) is 12.9. The molecule has 0 aliphatic carbocycles. The van der Waals surface area contributed by atoms with E-state index in [9.17, 15) is 13.2 Å². The number of nitrogens with one attached hydrogen (secondary N) is 1. The molecule has 1 N–H and O–H groups in total. The Morgan fingerprint density at radius 1 is 1.15 bits per heavy atom. The number of amides is 1. The quantitative estimate of drug-likeness (QED) is 0.847. The Morgan fingerprint density at radius 2 is 1.81 bits per heavy atom. The van der Waals surface area contributed by atoms with Gasteiger partial charge in [-0.15, -0.1) is 0 Å². The number of rotatable bonds is 5. The van der Waals surface area contributed by atoms with Crippen LogP contribution in [0.15, 0.2) is 53.4 Å². The van der Waals surface area contributed by atoms with E-state index in [-0.39, 0.29) is 16.9 Å². The molecule has 1 saturated heterocycles. The van der Waals surface area contributed by atoms with Gasteiger partial charge in [0, 0.05) is 24.3 Å². The topological polar surface area (TPSA) is 84.9 Å². The van der Waals surface area contributed by atoms with E-state index in [0.717, 1.165) is 0 Å². The number of hydrogen-bond donors (Lipinski definition) is 1. The third kappa shape index (κ3) is 4.47. The van der Waals surface area contributed by atoms with Crippen molar-refractivity contribution in [2.45, 2.75) is 17.9 Å². The summed E-state index contributed by atoms with van der Waals surface area (Å²) >= 11 is 0. The fraction of sp³-hybridized carbons (Fsp3) is 0.316. The zero-order valence-electron chi connectivity index (χ0n) is 15.2. The van der Waals surface area contributed by atoms with E-state index in [1.807, 2.05) is 6.92 Å². The summed E-state index contributed by atoms with van der Waals surface area (Å²) in [6.45, 7) is 2.87. The molecule has 144 valence electrons. The van der Waals surface area contributed by atoms with Crippen LogP contribution in [-0.2, 0) is 14.8 Å². The molecule has 0 saturated carbocycles. The summed E-state index contributed by atoms with van der Waals surface area (Å²) in [7, 11) is -2.03. The average molecular weight is 390 g/mol. The van der Waals surface area contributed by atoms with E-state index < -0.39 is 10.0 Å². The van der Waals surface area contributed by atoms with Crippen molar-refractivity contribution in [3.63, 3.8) is 0 Å². The lowest BCUT2D eigenvalue weighted by atomic mass is 10.2. The minimum Gasteiger partial charge on any atom is -0.497 e. The molecule has 1 aliphatic heterocycles. The largest absolute Gasteiger partial charge is 0.497 e. The van der Waals surface area contributed by atoms with Crippen molar-refractivity contribution in [2.75, 3.05) is 32.1 Å². The van der Waals surface area contributed by atoms with Gasteiger partial charge in [0.25, 0.3) is 5.91 Å². The monoisotopic (exact) mass is 390 g/mol. The van der Waals surface area contributed by atoms with E-state index in [4.69, 9.17) is 9.47 Å². The van der Waals surface area contributed by atoms with E-state index in [0.29, 0.717) is 36.7 Å². The summed E-state index contributed by atoms with van der Waals surface area (Å²) in [5.74, 6) is 0.379. The Balaban J connectivity index is 1.71. The number of morpholine rings is 1. The van der Waals surface area contributed by atoms with Crippen LogP contribution in [0, 0.1) is 0 Å². The number of methoxy groups -OCH3 is 1. The maximum Gasteiger partial charge on any atom is 0.255 e. The van der Waals surface area contributed by atoms with Crippen molar-refractivity contribution in [1.82, 2.24) is 4.31 Å². The van der Waals surface area contributed by atoms with Crippen LogP contribution >= 0.6 is 0 Å². The first-order valence-electron chi connectivity index (χ1n) is 8.57. The van der Waals surface area contributed by atoms with Crippen LogP contribution in [0.3, 0.4) is 0 Å². The van der Waals surface area contributed by atoms with E-state index >= 15 is 0 Å². The first-order valence-corrected chi connectivity index (χ1v) is 10.0. The Hall–Kier alpha value is -2.42. The molecule has 1 amide bonds. The molecule has 1 atom stereocenters. The van der Waals surface area contributed by atoms with E-state index in [1.54, 1.807) is 31.4 Å². The second-order valence-corrected chi connectivity index (χ2v) is 8.19. The van der Waals surface area contributed by atoms with E-state index in [1.165, 1.54) is 28.6 Å². The summed E-state index contributed by atoms with van der Waals surface area (Å²) in [4.78, 5) is 12.5. The van der Waals surface area contributed by atoms with Crippen LogP contribution in [-0.4, -0.2) is 51.5 Å². The SMILES string of the molecule is COc1ccc(NC(=O)c2ccc(S(=O)(=O)N3CCOC(C)C3)cc2)cc1. The molecule has 8 heteroatoms. The normalized spacial score (nSPS) is 18.1. The van der Waals surface area contributed by atoms with E-state index in [2.05, 4.69) is 5.32 Å². The molecule has 0 radical (unpaired) electrons. The molecule has 7 nitrogen and oxygen atoms in total. The summed E-state index contributed by atoms with van der Waals surface area (Å²) < 4.78 is 37.3. The third-order valence-electron chi connectivity index (χ3n) is 4.31. The highest BCUT2D eigenvalue weighted by Crippen LogP contribution is 2.20. The first-order chi connectivity index (χ1) is 12.9. The number of sulfonamides is 1. The number of anilines is 1. The second kappa shape index (κ2) is 8.08. The molecule has 1 fully saturated rings. The standard InChI is InChI=1S/C19H22N2O5S/c1-14-13-21(11-12-26-14)27(23,24)18-9-3-15(4-10-18)19(22)20-16-5-7-17(25-2)8-6-16/h3-10,14H,11-13H2,1-2H3,(H,20,22). The van der Waals surface area contributed by atoms with Gasteiger partial charge in [-0.2, -0.15) is 4.31 Å².